The van der Waals surface area contributed by atoms with Gasteiger partial charge in [-0.05, 0) is 23.3 Å². The molecule has 1 heterocycles. The molecule has 1 aromatic carbocycles. The predicted octanol–water partition coefficient (Wildman–Crippen LogP) is 1.33. The standard InChI is InChI=1S/C15H16N2O2/c18-13-8-10-4-1-2-6-12(10)15(13)17-14(19)9-11-5-3-7-16-11/h1-7,13,15-16,18H,8-9H2,(H,17,19). The van der Waals surface area contributed by atoms with Crippen molar-refractivity contribution in [3.63, 3.8) is 0 Å². The monoisotopic (exact) mass is 256 g/mol. The van der Waals surface area contributed by atoms with Crippen LogP contribution in [0.2, 0.25) is 0 Å². The predicted molar refractivity (Wildman–Crippen MR) is 71.5 cm³/mol. The number of H-pyrrole nitrogens is 1. The highest BCUT2D eigenvalue weighted by Gasteiger charge is 2.31. The van der Waals surface area contributed by atoms with Gasteiger partial charge in [0.05, 0.1) is 18.6 Å². The minimum absolute atomic E-state index is 0.0804. The van der Waals surface area contributed by atoms with Gasteiger partial charge in [-0.3, -0.25) is 4.79 Å². The van der Waals surface area contributed by atoms with E-state index in [9.17, 15) is 9.90 Å². The average molecular weight is 256 g/mol. The van der Waals surface area contributed by atoms with E-state index in [2.05, 4.69) is 10.3 Å². The quantitative estimate of drug-likeness (QED) is 0.775. The number of benzene rings is 1. The van der Waals surface area contributed by atoms with E-state index in [1.165, 1.54) is 0 Å². The van der Waals surface area contributed by atoms with Crippen molar-refractivity contribution in [3.05, 3.63) is 59.4 Å². The number of rotatable bonds is 3. The number of nitrogens with one attached hydrogen (secondary N) is 2. The molecule has 3 rings (SSSR count). The number of hydrogen-bond donors (Lipinski definition) is 3. The molecule has 2 aromatic rings. The van der Waals surface area contributed by atoms with Crippen LogP contribution in [0, 0.1) is 0 Å². The van der Waals surface area contributed by atoms with Crippen molar-refractivity contribution in [2.75, 3.05) is 0 Å². The molecule has 3 N–H and O–H groups in total. The summed E-state index contributed by atoms with van der Waals surface area (Å²) in [7, 11) is 0. The topological polar surface area (TPSA) is 65.1 Å². The minimum Gasteiger partial charge on any atom is -0.390 e. The highest BCUT2D eigenvalue weighted by Crippen LogP contribution is 2.31. The SMILES string of the molecule is O=C(Cc1ccc[nH]1)NC1c2ccccc2CC1O. The molecule has 0 spiro atoms. The first-order valence-electron chi connectivity index (χ1n) is 6.41. The molecule has 0 aliphatic heterocycles. The fraction of sp³-hybridized carbons (Fsp3) is 0.267. The summed E-state index contributed by atoms with van der Waals surface area (Å²) in [4.78, 5) is 15.0. The summed E-state index contributed by atoms with van der Waals surface area (Å²) in [6, 6.07) is 11.3. The van der Waals surface area contributed by atoms with Crippen molar-refractivity contribution in [2.24, 2.45) is 0 Å². The Bertz CT molecular complexity index is 578. The molecule has 1 amide bonds. The summed E-state index contributed by atoms with van der Waals surface area (Å²) in [6.45, 7) is 0. The zero-order valence-electron chi connectivity index (χ0n) is 10.5. The van der Waals surface area contributed by atoms with Crippen LogP contribution in [-0.2, 0) is 17.6 Å². The van der Waals surface area contributed by atoms with E-state index in [0.717, 1.165) is 16.8 Å². The zero-order chi connectivity index (χ0) is 13.2. The summed E-state index contributed by atoms with van der Waals surface area (Å²) in [5, 5.41) is 13.0. The van der Waals surface area contributed by atoms with Crippen LogP contribution in [0.5, 0.6) is 0 Å². The Morgan fingerprint density at radius 3 is 2.95 bits per heavy atom. The molecule has 4 nitrogen and oxygen atoms in total. The van der Waals surface area contributed by atoms with E-state index in [1.807, 2.05) is 36.4 Å². The second-order valence-corrected chi connectivity index (χ2v) is 4.89. The third-order valence-corrected chi connectivity index (χ3v) is 3.53. The first-order chi connectivity index (χ1) is 9.24. The fourth-order valence-electron chi connectivity index (χ4n) is 2.62. The van der Waals surface area contributed by atoms with Crippen molar-refractivity contribution in [1.82, 2.24) is 10.3 Å². The van der Waals surface area contributed by atoms with Crippen molar-refractivity contribution in [1.29, 1.82) is 0 Å². The molecule has 1 aliphatic rings. The van der Waals surface area contributed by atoms with Crippen molar-refractivity contribution >= 4 is 5.91 Å². The van der Waals surface area contributed by atoms with E-state index in [4.69, 9.17) is 0 Å². The van der Waals surface area contributed by atoms with Crippen LogP contribution in [0.3, 0.4) is 0 Å². The van der Waals surface area contributed by atoms with E-state index in [1.54, 1.807) is 6.20 Å². The number of carbonyl (C=O) groups is 1. The number of hydrogen-bond acceptors (Lipinski definition) is 2. The van der Waals surface area contributed by atoms with Gasteiger partial charge in [0.15, 0.2) is 0 Å². The number of carbonyl (C=O) groups excluding carboxylic acids is 1. The van der Waals surface area contributed by atoms with Crippen LogP contribution in [0.15, 0.2) is 42.6 Å². The van der Waals surface area contributed by atoms with Crippen LogP contribution in [-0.4, -0.2) is 22.1 Å². The van der Waals surface area contributed by atoms with Gasteiger partial charge >= 0.3 is 0 Å². The summed E-state index contributed by atoms with van der Waals surface area (Å²) in [5.74, 6) is -0.0804. The molecule has 2 atom stereocenters. The molecular formula is C15H16N2O2. The van der Waals surface area contributed by atoms with Gasteiger partial charge < -0.3 is 15.4 Å². The second kappa shape index (κ2) is 4.90. The van der Waals surface area contributed by atoms with E-state index >= 15 is 0 Å². The zero-order valence-corrected chi connectivity index (χ0v) is 10.5. The van der Waals surface area contributed by atoms with Crippen LogP contribution < -0.4 is 5.32 Å². The summed E-state index contributed by atoms with van der Waals surface area (Å²) in [6.07, 6.45) is 2.16. The minimum atomic E-state index is -0.537. The van der Waals surface area contributed by atoms with Gasteiger partial charge in [-0.2, -0.15) is 0 Å². The molecule has 98 valence electrons. The largest absolute Gasteiger partial charge is 0.390 e. The molecule has 1 aliphatic carbocycles. The Labute approximate surface area is 111 Å². The lowest BCUT2D eigenvalue weighted by atomic mass is 10.1. The van der Waals surface area contributed by atoms with E-state index < -0.39 is 6.10 Å². The van der Waals surface area contributed by atoms with Crippen LogP contribution in [0.25, 0.3) is 0 Å². The molecule has 2 unspecified atom stereocenters. The molecule has 0 saturated heterocycles. The summed E-state index contributed by atoms with van der Waals surface area (Å²) in [5.41, 5.74) is 3.01. The third kappa shape index (κ3) is 2.39. The maximum absolute atomic E-state index is 12.0. The molecule has 0 saturated carbocycles. The number of aliphatic hydroxyl groups is 1. The van der Waals surface area contributed by atoms with Crippen LogP contribution >= 0.6 is 0 Å². The second-order valence-electron chi connectivity index (χ2n) is 4.89. The van der Waals surface area contributed by atoms with Gasteiger partial charge in [-0.25, -0.2) is 0 Å². The number of aromatic nitrogens is 1. The Morgan fingerprint density at radius 1 is 1.32 bits per heavy atom. The molecule has 19 heavy (non-hydrogen) atoms. The molecule has 0 bridgehead atoms. The molecular weight excluding hydrogens is 240 g/mol. The highest BCUT2D eigenvalue weighted by molar-refractivity contribution is 5.79. The van der Waals surface area contributed by atoms with Gasteiger partial charge in [0.25, 0.3) is 0 Å². The smallest absolute Gasteiger partial charge is 0.226 e. The molecule has 0 fully saturated rings. The number of aromatic amines is 1. The summed E-state index contributed by atoms with van der Waals surface area (Å²) < 4.78 is 0. The van der Waals surface area contributed by atoms with Crippen LogP contribution in [0.1, 0.15) is 22.9 Å². The Kier molecular flexibility index (Phi) is 3.09. The van der Waals surface area contributed by atoms with Crippen LogP contribution in [0.4, 0.5) is 0 Å². The maximum Gasteiger partial charge on any atom is 0.226 e. The molecule has 1 aromatic heterocycles. The van der Waals surface area contributed by atoms with Crippen molar-refractivity contribution in [2.45, 2.75) is 25.0 Å². The lowest BCUT2D eigenvalue weighted by Gasteiger charge is -2.17. The van der Waals surface area contributed by atoms with Gasteiger partial charge in [0.2, 0.25) is 5.91 Å². The van der Waals surface area contributed by atoms with Gasteiger partial charge in [-0.15, -0.1) is 0 Å². The number of aliphatic hydroxyl groups excluding tert-OH is 1. The first-order valence-corrected chi connectivity index (χ1v) is 6.41. The lowest BCUT2D eigenvalue weighted by molar-refractivity contribution is -0.122. The fourth-order valence-corrected chi connectivity index (χ4v) is 2.62. The molecule has 4 heteroatoms. The number of amides is 1. The van der Waals surface area contributed by atoms with Crippen molar-refractivity contribution < 1.29 is 9.90 Å². The number of fused-ring (bicyclic) bond motifs is 1. The maximum atomic E-state index is 12.0. The molecule has 0 radical (unpaired) electrons. The van der Waals surface area contributed by atoms with Crippen molar-refractivity contribution in [3.8, 4) is 0 Å². The Hall–Kier alpha value is -2.07. The normalized spacial score (nSPS) is 21.1. The highest BCUT2D eigenvalue weighted by atomic mass is 16.3. The van der Waals surface area contributed by atoms with E-state index in [0.29, 0.717) is 12.8 Å². The average Bonchev–Trinajstić information content (AvgIpc) is 2.99. The Morgan fingerprint density at radius 2 is 2.16 bits per heavy atom. The van der Waals surface area contributed by atoms with Gasteiger partial charge in [0, 0.05) is 18.3 Å². The first kappa shape index (κ1) is 12.0. The van der Waals surface area contributed by atoms with Gasteiger partial charge in [-0.1, -0.05) is 24.3 Å². The summed E-state index contributed by atoms with van der Waals surface area (Å²) >= 11 is 0. The van der Waals surface area contributed by atoms with E-state index in [-0.39, 0.29) is 11.9 Å². The Balaban J connectivity index is 1.71. The third-order valence-electron chi connectivity index (χ3n) is 3.53. The lowest BCUT2D eigenvalue weighted by Crippen LogP contribution is -2.34. The van der Waals surface area contributed by atoms with Gasteiger partial charge in [0.1, 0.15) is 0 Å².